The number of likely N-dealkylation sites (tertiary alicyclic amines) is 1. The first kappa shape index (κ1) is 25.7. The Morgan fingerprint density at radius 1 is 1.03 bits per heavy atom. The van der Waals surface area contributed by atoms with Gasteiger partial charge in [-0.3, -0.25) is 9.69 Å². The van der Waals surface area contributed by atoms with Crippen molar-refractivity contribution in [3.63, 3.8) is 0 Å². The third-order valence-electron chi connectivity index (χ3n) is 7.47. The molecule has 2 saturated heterocycles. The van der Waals surface area contributed by atoms with E-state index in [0.717, 1.165) is 35.5 Å². The second kappa shape index (κ2) is 11.1. The number of aryl methyl sites for hydroxylation is 2. The molecule has 190 valence electrons. The molecule has 2 heterocycles. The average molecular weight is 500 g/mol. The summed E-state index contributed by atoms with van der Waals surface area (Å²) in [5.74, 6) is 0.654. The number of sulfonamides is 1. The third-order valence-corrected chi connectivity index (χ3v) is 9.37. The molecule has 2 aromatic carbocycles. The number of amides is 1. The van der Waals surface area contributed by atoms with Gasteiger partial charge in [0.1, 0.15) is 5.75 Å². The zero-order valence-electron chi connectivity index (χ0n) is 21.0. The maximum absolute atomic E-state index is 13.1. The molecule has 8 heteroatoms. The monoisotopic (exact) mass is 499 g/mol. The van der Waals surface area contributed by atoms with Gasteiger partial charge in [-0.05, 0) is 93.6 Å². The molecule has 0 spiro atoms. The van der Waals surface area contributed by atoms with Gasteiger partial charge in [0.15, 0.2) is 0 Å². The molecular formula is C27H37N3O4S. The van der Waals surface area contributed by atoms with Gasteiger partial charge in [0.05, 0.1) is 18.0 Å². The van der Waals surface area contributed by atoms with Gasteiger partial charge < -0.3 is 10.1 Å². The topological polar surface area (TPSA) is 79.0 Å². The summed E-state index contributed by atoms with van der Waals surface area (Å²) in [5.41, 5.74) is 3.17. The summed E-state index contributed by atoms with van der Waals surface area (Å²) in [7, 11) is -1.88. The van der Waals surface area contributed by atoms with Crippen LogP contribution in [0, 0.1) is 19.8 Å². The molecule has 35 heavy (non-hydrogen) atoms. The van der Waals surface area contributed by atoms with E-state index in [9.17, 15) is 13.2 Å². The highest BCUT2D eigenvalue weighted by Crippen LogP contribution is 2.28. The molecule has 1 N–H and O–H groups in total. The highest BCUT2D eigenvalue weighted by Gasteiger charge is 2.33. The lowest BCUT2D eigenvalue weighted by Crippen LogP contribution is -2.44. The average Bonchev–Trinajstić information content (AvgIpc) is 3.40. The number of methoxy groups -OCH3 is 1. The van der Waals surface area contributed by atoms with Crippen LogP contribution in [0.1, 0.15) is 48.4 Å². The van der Waals surface area contributed by atoms with Crippen molar-refractivity contribution in [2.24, 2.45) is 5.92 Å². The fourth-order valence-corrected chi connectivity index (χ4v) is 6.64. The molecule has 7 nitrogen and oxygen atoms in total. The van der Waals surface area contributed by atoms with Gasteiger partial charge in [0, 0.05) is 25.6 Å². The number of rotatable bonds is 8. The van der Waals surface area contributed by atoms with Crippen molar-refractivity contribution in [1.29, 1.82) is 0 Å². The molecule has 2 aliphatic heterocycles. The molecule has 4 rings (SSSR count). The standard InChI is InChI=1S/C27H37N3O4S/c1-20-9-10-25(17-21(20)2)35(32,33)30-15-11-22(12-16-30)27(31)28-19-26(29-13-4-5-14-29)23-7-6-8-24(18-23)34-3/h6-10,17-18,22,26H,4-5,11-16,19H2,1-3H3,(H,28,31). The van der Waals surface area contributed by atoms with Crippen molar-refractivity contribution in [2.45, 2.75) is 50.5 Å². The zero-order chi connectivity index (χ0) is 25.0. The number of carbonyl (C=O) groups is 1. The molecule has 1 unspecified atom stereocenters. The highest BCUT2D eigenvalue weighted by atomic mass is 32.2. The van der Waals surface area contributed by atoms with Crippen molar-refractivity contribution < 1.29 is 17.9 Å². The number of nitrogens with one attached hydrogen (secondary N) is 1. The number of piperidine rings is 1. The summed E-state index contributed by atoms with van der Waals surface area (Å²) in [6.07, 6.45) is 3.40. The number of nitrogens with zero attached hydrogens (tertiary/aromatic N) is 2. The second-order valence-electron chi connectivity index (χ2n) is 9.71. The number of carbonyl (C=O) groups excluding carboxylic acids is 1. The Kier molecular flexibility index (Phi) is 8.14. The fourth-order valence-electron chi connectivity index (χ4n) is 5.08. The summed E-state index contributed by atoms with van der Waals surface area (Å²) < 4.78 is 33.1. The Bertz CT molecular complexity index is 1140. The quantitative estimate of drug-likeness (QED) is 0.600. The zero-order valence-corrected chi connectivity index (χ0v) is 21.8. The van der Waals surface area contributed by atoms with E-state index in [0.29, 0.717) is 37.4 Å². The Balaban J connectivity index is 1.36. The molecule has 0 aromatic heterocycles. The van der Waals surface area contributed by atoms with Gasteiger partial charge in [-0.15, -0.1) is 0 Å². The van der Waals surface area contributed by atoms with Crippen LogP contribution in [0.2, 0.25) is 0 Å². The molecule has 0 bridgehead atoms. The van der Waals surface area contributed by atoms with E-state index in [2.05, 4.69) is 16.3 Å². The Morgan fingerprint density at radius 3 is 2.40 bits per heavy atom. The normalized spacial score (nSPS) is 18.9. The maximum atomic E-state index is 13.1. The van der Waals surface area contributed by atoms with Gasteiger partial charge in [-0.1, -0.05) is 18.2 Å². The van der Waals surface area contributed by atoms with Crippen LogP contribution in [-0.4, -0.2) is 63.4 Å². The van der Waals surface area contributed by atoms with E-state index in [-0.39, 0.29) is 17.9 Å². The Labute approximate surface area is 209 Å². The number of ether oxygens (including phenoxy) is 1. The second-order valence-corrected chi connectivity index (χ2v) is 11.6. The lowest BCUT2D eigenvalue weighted by atomic mass is 9.97. The fraction of sp³-hybridized carbons (Fsp3) is 0.519. The predicted octanol–water partition coefficient (Wildman–Crippen LogP) is 3.67. The van der Waals surface area contributed by atoms with Crippen molar-refractivity contribution >= 4 is 15.9 Å². The first-order chi connectivity index (χ1) is 16.8. The first-order valence-electron chi connectivity index (χ1n) is 12.5. The number of hydrogen-bond donors (Lipinski definition) is 1. The SMILES string of the molecule is COc1cccc(C(CNC(=O)C2CCN(S(=O)(=O)c3ccc(C)c(C)c3)CC2)N2CCCC2)c1. The predicted molar refractivity (Wildman–Crippen MR) is 137 cm³/mol. The molecule has 2 aromatic rings. The van der Waals surface area contributed by atoms with Crippen LogP contribution in [0.25, 0.3) is 0 Å². The van der Waals surface area contributed by atoms with E-state index in [1.165, 1.54) is 17.1 Å². The van der Waals surface area contributed by atoms with Crippen molar-refractivity contribution in [3.8, 4) is 5.75 Å². The van der Waals surface area contributed by atoms with Gasteiger partial charge in [0.25, 0.3) is 0 Å². The van der Waals surface area contributed by atoms with Crippen LogP contribution in [-0.2, 0) is 14.8 Å². The maximum Gasteiger partial charge on any atom is 0.243 e. The Hall–Kier alpha value is -2.42. The Morgan fingerprint density at radius 2 is 1.74 bits per heavy atom. The summed E-state index contributed by atoms with van der Waals surface area (Å²) >= 11 is 0. The molecule has 0 aliphatic carbocycles. The minimum atomic E-state index is -3.55. The number of benzene rings is 2. The summed E-state index contributed by atoms with van der Waals surface area (Å²) in [6, 6.07) is 13.4. The molecule has 1 amide bonds. The summed E-state index contributed by atoms with van der Waals surface area (Å²) in [5, 5.41) is 3.17. The number of hydrogen-bond acceptors (Lipinski definition) is 5. The van der Waals surface area contributed by atoms with Crippen LogP contribution in [0.4, 0.5) is 0 Å². The van der Waals surface area contributed by atoms with E-state index < -0.39 is 10.0 Å². The van der Waals surface area contributed by atoms with Crippen LogP contribution in [0.15, 0.2) is 47.4 Å². The highest BCUT2D eigenvalue weighted by molar-refractivity contribution is 7.89. The summed E-state index contributed by atoms with van der Waals surface area (Å²) in [4.78, 5) is 15.8. The van der Waals surface area contributed by atoms with E-state index in [4.69, 9.17) is 4.74 Å². The third kappa shape index (κ3) is 5.88. The van der Waals surface area contributed by atoms with Crippen LogP contribution in [0.3, 0.4) is 0 Å². The molecule has 2 aliphatic rings. The molecule has 0 radical (unpaired) electrons. The minimum absolute atomic E-state index is 0.0142. The molecule has 1 atom stereocenters. The largest absolute Gasteiger partial charge is 0.497 e. The van der Waals surface area contributed by atoms with Crippen LogP contribution in [0.5, 0.6) is 5.75 Å². The van der Waals surface area contributed by atoms with E-state index in [1.807, 2.05) is 38.1 Å². The van der Waals surface area contributed by atoms with Crippen LogP contribution < -0.4 is 10.1 Å². The smallest absolute Gasteiger partial charge is 0.243 e. The molecule has 2 fully saturated rings. The first-order valence-corrected chi connectivity index (χ1v) is 14.0. The van der Waals surface area contributed by atoms with Gasteiger partial charge in [-0.25, -0.2) is 8.42 Å². The lowest BCUT2D eigenvalue weighted by molar-refractivity contribution is -0.126. The van der Waals surface area contributed by atoms with Crippen molar-refractivity contribution in [3.05, 3.63) is 59.2 Å². The lowest BCUT2D eigenvalue weighted by Gasteiger charge is -2.32. The van der Waals surface area contributed by atoms with Crippen molar-refractivity contribution in [1.82, 2.24) is 14.5 Å². The van der Waals surface area contributed by atoms with E-state index >= 15 is 0 Å². The molecule has 0 saturated carbocycles. The van der Waals surface area contributed by atoms with Gasteiger partial charge in [-0.2, -0.15) is 4.31 Å². The van der Waals surface area contributed by atoms with Crippen LogP contribution >= 0.6 is 0 Å². The van der Waals surface area contributed by atoms with Crippen molar-refractivity contribution in [2.75, 3.05) is 39.8 Å². The van der Waals surface area contributed by atoms with Gasteiger partial charge in [0.2, 0.25) is 15.9 Å². The van der Waals surface area contributed by atoms with Gasteiger partial charge >= 0.3 is 0 Å². The minimum Gasteiger partial charge on any atom is -0.497 e. The molecular weight excluding hydrogens is 462 g/mol. The van der Waals surface area contributed by atoms with E-state index in [1.54, 1.807) is 19.2 Å². The summed E-state index contributed by atoms with van der Waals surface area (Å²) in [6.45, 7) is 7.19.